The number of ether oxygens (including phenoxy) is 1. The quantitative estimate of drug-likeness (QED) is 0.510. The van der Waals surface area contributed by atoms with Gasteiger partial charge in [-0.25, -0.2) is 0 Å². The Morgan fingerprint density at radius 1 is 1.03 bits per heavy atom. The molecule has 0 radical (unpaired) electrons. The third-order valence-corrected chi connectivity index (χ3v) is 5.71. The van der Waals surface area contributed by atoms with Crippen molar-refractivity contribution in [2.24, 2.45) is 0 Å². The van der Waals surface area contributed by atoms with Gasteiger partial charge < -0.3 is 19.4 Å². The number of carbonyl (C=O) groups is 2. The van der Waals surface area contributed by atoms with Gasteiger partial charge in [0, 0.05) is 13.1 Å². The van der Waals surface area contributed by atoms with Gasteiger partial charge in [-0.05, 0) is 62.4 Å². The Kier molecular flexibility index (Phi) is 8.27. The molecular formula is C26H31N3O4. The van der Waals surface area contributed by atoms with Crippen LogP contribution in [-0.2, 0) is 17.8 Å². The van der Waals surface area contributed by atoms with E-state index in [2.05, 4.69) is 12.2 Å². The van der Waals surface area contributed by atoms with Crippen molar-refractivity contribution in [2.75, 3.05) is 32.6 Å². The number of methoxy groups -OCH3 is 1. The summed E-state index contributed by atoms with van der Waals surface area (Å²) in [7, 11) is 5.28. The number of nitrogens with one attached hydrogen (secondary N) is 1. The molecule has 0 spiro atoms. The highest BCUT2D eigenvalue weighted by Gasteiger charge is 2.21. The molecule has 1 unspecified atom stereocenters. The van der Waals surface area contributed by atoms with E-state index < -0.39 is 0 Å². The first-order valence-corrected chi connectivity index (χ1v) is 10.9. The summed E-state index contributed by atoms with van der Waals surface area (Å²) in [4.78, 5) is 29.3. The Labute approximate surface area is 194 Å². The van der Waals surface area contributed by atoms with Crippen molar-refractivity contribution < 1.29 is 18.7 Å². The molecule has 0 aliphatic carbocycles. The van der Waals surface area contributed by atoms with E-state index in [4.69, 9.17) is 9.15 Å². The Morgan fingerprint density at radius 3 is 2.42 bits per heavy atom. The number of para-hydroxylation sites is 1. The molecule has 1 N–H and O–H groups in total. The second-order valence-corrected chi connectivity index (χ2v) is 8.05. The first-order chi connectivity index (χ1) is 15.9. The van der Waals surface area contributed by atoms with Gasteiger partial charge in [0.25, 0.3) is 5.91 Å². The first-order valence-electron chi connectivity index (χ1n) is 10.9. The summed E-state index contributed by atoms with van der Waals surface area (Å²) in [6.07, 6.45) is 2.37. The van der Waals surface area contributed by atoms with Gasteiger partial charge in [0.05, 0.1) is 37.7 Å². The summed E-state index contributed by atoms with van der Waals surface area (Å²) in [5, 5.41) is 2.84. The lowest BCUT2D eigenvalue weighted by Crippen LogP contribution is -2.41. The van der Waals surface area contributed by atoms with Crippen molar-refractivity contribution in [1.29, 1.82) is 0 Å². The summed E-state index contributed by atoms with van der Waals surface area (Å²) in [6, 6.07) is 18.8. The number of rotatable bonds is 10. The summed E-state index contributed by atoms with van der Waals surface area (Å²) in [6.45, 7) is 2.60. The van der Waals surface area contributed by atoms with E-state index in [0.29, 0.717) is 17.0 Å². The largest absolute Gasteiger partial charge is 0.497 e. The lowest BCUT2D eigenvalue weighted by molar-refractivity contribution is -0.119. The van der Waals surface area contributed by atoms with Crippen LogP contribution in [0.15, 0.2) is 71.3 Å². The second kappa shape index (κ2) is 11.3. The fourth-order valence-electron chi connectivity index (χ4n) is 3.50. The van der Waals surface area contributed by atoms with Crippen LogP contribution in [-0.4, -0.2) is 50.5 Å². The minimum Gasteiger partial charge on any atom is -0.497 e. The van der Waals surface area contributed by atoms with E-state index in [1.165, 1.54) is 5.56 Å². The number of likely N-dealkylation sites (N-methyl/N-ethyl adjacent to an activating group) is 2. The third-order valence-electron chi connectivity index (χ3n) is 5.71. The van der Waals surface area contributed by atoms with Crippen LogP contribution in [0.4, 0.5) is 5.69 Å². The molecule has 0 aliphatic rings. The lowest BCUT2D eigenvalue weighted by atomic mass is 10.1. The molecule has 0 bridgehead atoms. The molecule has 174 valence electrons. The van der Waals surface area contributed by atoms with E-state index in [1.54, 1.807) is 55.7 Å². The third kappa shape index (κ3) is 6.46. The Bertz CT molecular complexity index is 1050. The van der Waals surface area contributed by atoms with Gasteiger partial charge in [-0.3, -0.25) is 14.5 Å². The standard InChI is InChI=1S/C26H31N3O4/c1-19(16-20-11-13-21(32-4)14-12-20)28(2)18-25(30)29(3)24-10-6-5-9-23(24)26(31)27-17-22-8-7-15-33-22/h5-15,19H,16-18H2,1-4H3,(H,27,31). The SMILES string of the molecule is COc1ccc(CC(C)N(C)CC(=O)N(C)c2ccccc2C(=O)NCc2ccco2)cc1. The van der Waals surface area contributed by atoms with Crippen molar-refractivity contribution in [2.45, 2.75) is 25.9 Å². The maximum atomic E-state index is 13.0. The zero-order valence-corrected chi connectivity index (χ0v) is 19.6. The molecule has 3 rings (SSSR count). The molecule has 1 atom stereocenters. The number of anilines is 1. The highest BCUT2D eigenvalue weighted by molar-refractivity contribution is 6.04. The van der Waals surface area contributed by atoms with Gasteiger partial charge in [0.2, 0.25) is 5.91 Å². The number of nitrogens with zero attached hydrogens (tertiary/aromatic N) is 2. The molecule has 2 aromatic carbocycles. The van der Waals surface area contributed by atoms with Crippen LogP contribution >= 0.6 is 0 Å². The highest BCUT2D eigenvalue weighted by atomic mass is 16.5. The number of furan rings is 1. The smallest absolute Gasteiger partial charge is 0.253 e. The van der Waals surface area contributed by atoms with Gasteiger partial charge in [-0.15, -0.1) is 0 Å². The zero-order chi connectivity index (χ0) is 23.8. The molecule has 0 aliphatic heterocycles. The van der Waals surface area contributed by atoms with Crippen LogP contribution in [0.1, 0.15) is 28.6 Å². The molecule has 0 saturated heterocycles. The normalized spacial score (nSPS) is 11.8. The molecule has 1 heterocycles. The van der Waals surface area contributed by atoms with Crippen LogP contribution < -0.4 is 15.0 Å². The van der Waals surface area contributed by atoms with Crippen molar-refractivity contribution >= 4 is 17.5 Å². The predicted octanol–water partition coefficient (Wildman–Crippen LogP) is 3.74. The Hall–Kier alpha value is -3.58. The molecule has 2 amide bonds. The number of amides is 2. The van der Waals surface area contributed by atoms with Crippen LogP contribution in [0.3, 0.4) is 0 Å². The van der Waals surface area contributed by atoms with Crippen molar-refractivity contribution in [3.8, 4) is 5.75 Å². The fraction of sp³-hybridized carbons (Fsp3) is 0.308. The number of carbonyl (C=O) groups excluding carboxylic acids is 2. The molecule has 7 heteroatoms. The van der Waals surface area contributed by atoms with E-state index in [1.807, 2.05) is 42.3 Å². The number of hydrogen-bond donors (Lipinski definition) is 1. The summed E-state index contributed by atoms with van der Waals surface area (Å²) in [5.41, 5.74) is 2.18. The van der Waals surface area contributed by atoms with E-state index >= 15 is 0 Å². The summed E-state index contributed by atoms with van der Waals surface area (Å²) >= 11 is 0. The molecule has 0 saturated carbocycles. The number of hydrogen-bond acceptors (Lipinski definition) is 5. The molecule has 3 aromatic rings. The highest BCUT2D eigenvalue weighted by Crippen LogP contribution is 2.20. The average molecular weight is 450 g/mol. The van der Waals surface area contributed by atoms with E-state index in [9.17, 15) is 9.59 Å². The second-order valence-electron chi connectivity index (χ2n) is 8.05. The van der Waals surface area contributed by atoms with Gasteiger partial charge >= 0.3 is 0 Å². The van der Waals surface area contributed by atoms with Crippen molar-refractivity contribution in [1.82, 2.24) is 10.2 Å². The lowest BCUT2D eigenvalue weighted by Gasteiger charge is -2.27. The minimum absolute atomic E-state index is 0.0923. The van der Waals surface area contributed by atoms with Crippen molar-refractivity contribution in [3.63, 3.8) is 0 Å². The average Bonchev–Trinajstić information content (AvgIpc) is 3.36. The van der Waals surface area contributed by atoms with E-state index in [0.717, 1.165) is 12.2 Å². The predicted molar refractivity (Wildman–Crippen MR) is 129 cm³/mol. The van der Waals surface area contributed by atoms with Crippen LogP contribution in [0.25, 0.3) is 0 Å². The van der Waals surface area contributed by atoms with Crippen LogP contribution in [0.2, 0.25) is 0 Å². The van der Waals surface area contributed by atoms with Crippen LogP contribution in [0, 0.1) is 0 Å². The van der Waals surface area contributed by atoms with Gasteiger partial charge in [-0.1, -0.05) is 24.3 Å². The van der Waals surface area contributed by atoms with Gasteiger partial charge in [-0.2, -0.15) is 0 Å². The zero-order valence-electron chi connectivity index (χ0n) is 19.6. The van der Waals surface area contributed by atoms with Crippen molar-refractivity contribution in [3.05, 3.63) is 83.8 Å². The Balaban J connectivity index is 1.61. The minimum atomic E-state index is -0.261. The first kappa shape index (κ1) is 24.1. The fourth-order valence-corrected chi connectivity index (χ4v) is 3.50. The maximum absolute atomic E-state index is 13.0. The molecular weight excluding hydrogens is 418 g/mol. The maximum Gasteiger partial charge on any atom is 0.253 e. The molecule has 1 aromatic heterocycles. The topological polar surface area (TPSA) is 75.0 Å². The van der Waals surface area contributed by atoms with Gasteiger partial charge in [0.1, 0.15) is 11.5 Å². The van der Waals surface area contributed by atoms with E-state index in [-0.39, 0.29) is 30.9 Å². The monoisotopic (exact) mass is 449 g/mol. The number of benzene rings is 2. The van der Waals surface area contributed by atoms with Crippen LogP contribution in [0.5, 0.6) is 5.75 Å². The summed E-state index contributed by atoms with van der Waals surface area (Å²) < 4.78 is 10.5. The van der Waals surface area contributed by atoms with Gasteiger partial charge in [0.15, 0.2) is 0 Å². The molecule has 7 nitrogen and oxygen atoms in total. The molecule has 33 heavy (non-hydrogen) atoms. The molecule has 0 fully saturated rings. The summed E-state index contributed by atoms with van der Waals surface area (Å²) in [5.74, 6) is 1.13. The Morgan fingerprint density at radius 2 is 1.76 bits per heavy atom.